The maximum absolute atomic E-state index is 12.5. The molecule has 3 N–H and O–H groups in total. The fraction of sp³-hybridized carbons (Fsp3) is 0.579. The third-order valence-corrected chi connectivity index (χ3v) is 4.76. The van der Waals surface area contributed by atoms with Crippen molar-refractivity contribution in [3.05, 3.63) is 28.8 Å². The number of ether oxygens (including phenoxy) is 1. The highest BCUT2D eigenvalue weighted by molar-refractivity contribution is 14.0. The number of guanidine groups is 1. The van der Waals surface area contributed by atoms with Gasteiger partial charge >= 0.3 is 6.61 Å². The first-order valence-corrected chi connectivity index (χ1v) is 9.83. The smallest absolute Gasteiger partial charge is 0.387 e. The number of hydrogen-bond donors (Lipinski definition) is 3. The number of amides is 1. The molecule has 0 radical (unpaired) electrons. The number of nitrogens with one attached hydrogen (secondary N) is 3. The summed E-state index contributed by atoms with van der Waals surface area (Å²) >= 11 is 5.94. The summed E-state index contributed by atoms with van der Waals surface area (Å²) in [5, 5.41) is 9.52. The summed E-state index contributed by atoms with van der Waals surface area (Å²) in [7, 11) is 1.59. The van der Waals surface area contributed by atoms with Crippen LogP contribution in [0, 0.1) is 0 Å². The SMILES string of the molecule is CN=C(NCCC(=O)NC1CCCCC1)NCc1cc(Cl)ccc1OC(F)F.I. The molecule has 1 aliphatic carbocycles. The summed E-state index contributed by atoms with van der Waals surface area (Å²) in [6.45, 7) is -2.31. The first-order chi connectivity index (χ1) is 13.5. The van der Waals surface area contributed by atoms with Crippen molar-refractivity contribution in [1.82, 2.24) is 16.0 Å². The number of halogens is 4. The zero-order valence-corrected chi connectivity index (χ0v) is 19.4. The molecule has 10 heteroatoms. The van der Waals surface area contributed by atoms with Crippen LogP contribution < -0.4 is 20.7 Å². The van der Waals surface area contributed by atoms with Crippen molar-refractivity contribution in [3.8, 4) is 5.75 Å². The van der Waals surface area contributed by atoms with Crippen LogP contribution in [0.1, 0.15) is 44.1 Å². The van der Waals surface area contributed by atoms with Gasteiger partial charge in [-0.2, -0.15) is 8.78 Å². The standard InChI is InChI=1S/C19H27ClF2N4O2.HI/c1-23-19(24-10-9-17(27)26-15-5-3-2-4-6-15)25-12-13-11-14(20)7-8-16(13)28-18(21)22;/h7-8,11,15,18H,2-6,9-10,12H2,1H3,(H,26,27)(H2,23,24,25);1H. The minimum atomic E-state index is -2.92. The topological polar surface area (TPSA) is 74.8 Å². The van der Waals surface area contributed by atoms with Gasteiger partial charge in [-0.25, -0.2) is 0 Å². The molecule has 0 spiro atoms. The summed E-state index contributed by atoms with van der Waals surface area (Å²) in [6.07, 6.45) is 6.00. The molecule has 164 valence electrons. The van der Waals surface area contributed by atoms with Gasteiger partial charge in [0.25, 0.3) is 0 Å². The van der Waals surface area contributed by atoms with Crippen LogP contribution in [-0.2, 0) is 11.3 Å². The Balaban J connectivity index is 0.00000420. The van der Waals surface area contributed by atoms with Gasteiger partial charge in [0, 0.05) is 43.2 Å². The van der Waals surface area contributed by atoms with Crippen LogP contribution >= 0.6 is 35.6 Å². The van der Waals surface area contributed by atoms with Crippen molar-refractivity contribution in [3.63, 3.8) is 0 Å². The second kappa shape index (κ2) is 13.8. The molecule has 0 saturated heterocycles. The highest BCUT2D eigenvalue weighted by Gasteiger charge is 2.15. The van der Waals surface area contributed by atoms with Crippen molar-refractivity contribution in [2.75, 3.05) is 13.6 Å². The van der Waals surface area contributed by atoms with Crippen LogP contribution in [0.15, 0.2) is 23.2 Å². The molecule has 0 unspecified atom stereocenters. The van der Waals surface area contributed by atoms with Crippen molar-refractivity contribution in [2.24, 2.45) is 4.99 Å². The van der Waals surface area contributed by atoms with Crippen LogP contribution in [0.5, 0.6) is 5.75 Å². The van der Waals surface area contributed by atoms with E-state index in [1.807, 2.05) is 0 Å². The highest BCUT2D eigenvalue weighted by atomic mass is 127. The third kappa shape index (κ3) is 9.79. The Kier molecular flexibility index (Phi) is 12.2. The predicted octanol–water partition coefficient (Wildman–Crippen LogP) is 4.06. The van der Waals surface area contributed by atoms with Crippen molar-refractivity contribution in [1.29, 1.82) is 0 Å². The quantitative estimate of drug-likeness (QED) is 0.262. The number of rotatable bonds is 8. The molecule has 0 heterocycles. The Morgan fingerprint density at radius 2 is 2.00 bits per heavy atom. The van der Waals surface area contributed by atoms with Gasteiger partial charge in [0.2, 0.25) is 5.91 Å². The Morgan fingerprint density at radius 1 is 1.28 bits per heavy atom. The Bertz CT molecular complexity index is 674. The van der Waals surface area contributed by atoms with E-state index in [0.717, 1.165) is 12.8 Å². The van der Waals surface area contributed by atoms with E-state index in [4.69, 9.17) is 11.6 Å². The van der Waals surface area contributed by atoms with Crippen molar-refractivity contribution in [2.45, 2.75) is 57.7 Å². The van der Waals surface area contributed by atoms with Gasteiger partial charge < -0.3 is 20.7 Å². The number of nitrogens with zero attached hydrogens (tertiary/aromatic N) is 1. The zero-order valence-electron chi connectivity index (χ0n) is 16.3. The molecule has 6 nitrogen and oxygen atoms in total. The van der Waals surface area contributed by atoms with E-state index in [2.05, 4.69) is 25.7 Å². The van der Waals surface area contributed by atoms with E-state index in [-0.39, 0.29) is 48.2 Å². The maximum Gasteiger partial charge on any atom is 0.387 e. The first-order valence-electron chi connectivity index (χ1n) is 9.45. The number of benzene rings is 1. The molecule has 1 fully saturated rings. The number of carbonyl (C=O) groups excluding carboxylic acids is 1. The molecule has 1 aliphatic rings. The van der Waals surface area contributed by atoms with Gasteiger partial charge in [0.05, 0.1) is 0 Å². The molecule has 1 amide bonds. The number of hydrogen-bond acceptors (Lipinski definition) is 3. The largest absolute Gasteiger partial charge is 0.434 e. The minimum absolute atomic E-state index is 0. The van der Waals surface area contributed by atoms with E-state index in [1.54, 1.807) is 13.1 Å². The lowest BCUT2D eigenvalue weighted by Gasteiger charge is -2.22. The number of alkyl halides is 2. The molecule has 2 rings (SSSR count). The third-order valence-electron chi connectivity index (χ3n) is 4.52. The number of carbonyl (C=O) groups is 1. The fourth-order valence-corrected chi connectivity index (χ4v) is 3.33. The van der Waals surface area contributed by atoms with Gasteiger partial charge in [-0.3, -0.25) is 9.79 Å². The van der Waals surface area contributed by atoms with Crippen LogP contribution in [0.4, 0.5) is 8.78 Å². The fourth-order valence-electron chi connectivity index (χ4n) is 3.14. The van der Waals surface area contributed by atoms with Crippen LogP contribution in [-0.4, -0.2) is 38.1 Å². The van der Waals surface area contributed by atoms with E-state index in [9.17, 15) is 13.6 Å². The second-order valence-corrected chi connectivity index (χ2v) is 7.07. The van der Waals surface area contributed by atoms with Gasteiger partial charge in [-0.15, -0.1) is 24.0 Å². The summed E-state index contributed by atoms with van der Waals surface area (Å²) in [5.41, 5.74) is 0.478. The molecule has 1 saturated carbocycles. The van der Waals surface area contributed by atoms with Gasteiger partial charge in [-0.05, 0) is 31.0 Å². The van der Waals surface area contributed by atoms with Crippen LogP contribution in [0.25, 0.3) is 0 Å². The van der Waals surface area contributed by atoms with Gasteiger partial charge in [0.15, 0.2) is 5.96 Å². The predicted molar refractivity (Wildman–Crippen MR) is 121 cm³/mol. The monoisotopic (exact) mass is 544 g/mol. The zero-order chi connectivity index (χ0) is 20.4. The molecular weight excluding hydrogens is 517 g/mol. The lowest BCUT2D eigenvalue weighted by Crippen LogP contribution is -2.41. The van der Waals surface area contributed by atoms with Crippen LogP contribution in [0.2, 0.25) is 5.02 Å². The highest BCUT2D eigenvalue weighted by Crippen LogP contribution is 2.24. The average molecular weight is 545 g/mol. The van der Waals surface area contributed by atoms with Crippen molar-refractivity contribution >= 4 is 47.4 Å². The molecule has 0 atom stereocenters. The van der Waals surface area contributed by atoms with Crippen molar-refractivity contribution < 1.29 is 18.3 Å². The lowest BCUT2D eigenvalue weighted by molar-refractivity contribution is -0.121. The summed E-state index contributed by atoms with van der Waals surface area (Å²) in [4.78, 5) is 16.1. The molecule has 1 aromatic rings. The first kappa shape index (κ1) is 25.7. The molecular formula is C19H28ClF2IN4O2. The molecule has 29 heavy (non-hydrogen) atoms. The Morgan fingerprint density at radius 3 is 2.66 bits per heavy atom. The summed E-state index contributed by atoms with van der Waals surface area (Å²) in [6, 6.07) is 4.73. The average Bonchev–Trinajstić information content (AvgIpc) is 2.66. The summed E-state index contributed by atoms with van der Waals surface area (Å²) in [5.74, 6) is 0.514. The molecule has 0 aliphatic heterocycles. The van der Waals surface area contributed by atoms with E-state index >= 15 is 0 Å². The normalized spacial score (nSPS) is 14.9. The van der Waals surface area contributed by atoms with Gasteiger partial charge in [0.1, 0.15) is 5.75 Å². The van der Waals surface area contributed by atoms with E-state index < -0.39 is 6.61 Å². The Hall–Kier alpha value is -1.36. The van der Waals surface area contributed by atoms with Crippen LogP contribution in [0.3, 0.4) is 0 Å². The second-order valence-electron chi connectivity index (χ2n) is 6.64. The molecule has 0 aromatic heterocycles. The molecule has 0 bridgehead atoms. The molecule has 1 aromatic carbocycles. The van der Waals surface area contributed by atoms with E-state index in [1.165, 1.54) is 31.4 Å². The Labute approximate surface area is 192 Å². The van der Waals surface area contributed by atoms with E-state index in [0.29, 0.717) is 29.5 Å². The lowest BCUT2D eigenvalue weighted by atomic mass is 9.95. The number of aliphatic imine (C=N–C) groups is 1. The minimum Gasteiger partial charge on any atom is -0.434 e. The summed E-state index contributed by atoms with van der Waals surface area (Å²) < 4.78 is 29.6. The van der Waals surface area contributed by atoms with Gasteiger partial charge in [-0.1, -0.05) is 30.9 Å². The maximum atomic E-state index is 12.5.